The van der Waals surface area contributed by atoms with E-state index in [1.165, 1.54) is 17.1 Å². The summed E-state index contributed by atoms with van der Waals surface area (Å²) in [4.78, 5) is 29.0. The minimum absolute atomic E-state index is 0.0493. The first-order chi connectivity index (χ1) is 12.1. The van der Waals surface area contributed by atoms with Crippen molar-refractivity contribution in [2.45, 2.75) is 39.3 Å². The maximum Gasteiger partial charge on any atom is 0.264 e. The first-order valence-corrected chi connectivity index (χ1v) is 8.38. The molecule has 0 saturated carbocycles. The van der Waals surface area contributed by atoms with Gasteiger partial charge in [-0.25, -0.2) is 9.67 Å². The zero-order valence-electron chi connectivity index (χ0n) is 14.3. The van der Waals surface area contributed by atoms with E-state index in [0.717, 1.165) is 18.5 Å². The van der Waals surface area contributed by atoms with Gasteiger partial charge in [0.05, 0.1) is 11.9 Å². The average molecular weight is 339 g/mol. The zero-order chi connectivity index (χ0) is 17.8. The SMILES string of the molecule is CCC[C@H](C)NC(=O)Cn1cnc2c(cnn2-c2ccccc2)c1=O. The van der Waals surface area contributed by atoms with Crippen molar-refractivity contribution in [3.8, 4) is 5.69 Å². The van der Waals surface area contributed by atoms with E-state index in [2.05, 4.69) is 22.3 Å². The van der Waals surface area contributed by atoms with E-state index < -0.39 is 0 Å². The van der Waals surface area contributed by atoms with Crippen molar-refractivity contribution < 1.29 is 4.79 Å². The van der Waals surface area contributed by atoms with E-state index >= 15 is 0 Å². The molecule has 0 unspecified atom stereocenters. The normalized spacial score (nSPS) is 12.2. The molecule has 0 fully saturated rings. The molecule has 25 heavy (non-hydrogen) atoms. The molecule has 0 saturated heterocycles. The van der Waals surface area contributed by atoms with Crippen LogP contribution in [0.1, 0.15) is 26.7 Å². The number of aromatic nitrogens is 4. The summed E-state index contributed by atoms with van der Waals surface area (Å²) in [5.74, 6) is -0.195. The van der Waals surface area contributed by atoms with Crippen LogP contribution in [0.5, 0.6) is 0 Å². The van der Waals surface area contributed by atoms with Gasteiger partial charge in [0.15, 0.2) is 5.65 Å². The molecule has 130 valence electrons. The lowest BCUT2D eigenvalue weighted by Crippen LogP contribution is -2.37. The van der Waals surface area contributed by atoms with E-state index in [0.29, 0.717) is 11.0 Å². The number of carbonyl (C=O) groups excluding carboxylic acids is 1. The summed E-state index contributed by atoms with van der Waals surface area (Å²) < 4.78 is 2.93. The van der Waals surface area contributed by atoms with Crippen LogP contribution in [0.25, 0.3) is 16.7 Å². The number of fused-ring (bicyclic) bond motifs is 1. The van der Waals surface area contributed by atoms with Crippen LogP contribution in [0.15, 0.2) is 47.7 Å². The highest BCUT2D eigenvalue weighted by Crippen LogP contribution is 2.12. The molecule has 1 amide bonds. The number of hydrogen-bond donors (Lipinski definition) is 1. The zero-order valence-corrected chi connectivity index (χ0v) is 14.3. The molecule has 0 spiro atoms. The molecule has 2 aromatic heterocycles. The number of nitrogens with one attached hydrogen (secondary N) is 1. The molecule has 1 atom stereocenters. The van der Waals surface area contributed by atoms with Crippen LogP contribution in [0.4, 0.5) is 0 Å². The molecular weight excluding hydrogens is 318 g/mol. The number of para-hydroxylation sites is 1. The highest BCUT2D eigenvalue weighted by Gasteiger charge is 2.13. The fourth-order valence-electron chi connectivity index (χ4n) is 2.80. The number of amides is 1. The maximum atomic E-state index is 12.6. The topological polar surface area (TPSA) is 81.8 Å². The second-order valence-electron chi connectivity index (χ2n) is 6.06. The predicted octanol–water partition coefficient (Wildman–Crippen LogP) is 1.89. The van der Waals surface area contributed by atoms with Crippen molar-refractivity contribution in [2.24, 2.45) is 0 Å². The third-order valence-corrected chi connectivity index (χ3v) is 4.00. The van der Waals surface area contributed by atoms with Gasteiger partial charge < -0.3 is 5.32 Å². The Morgan fingerprint density at radius 2 is 2.04 bits per heavy atom. The summed E-state index contributed by atoms with van der Waals surface area (Å²) in [5.41, 5.74) is 1.03. The largest absolute Gasteiger partial charge is 0.352 e. The number of carbonyl (C=O) groups is 1. The van der Waals surface area contributed by atoms with E-state index in [1.54, 1.807) is 4.68 Å². The quantitative estimate of drug-likeness (QED) is 0.743. The Kier molecular flexibility index (Phi) is 4.92. The molecular formula is C18H21N5O2. The Hall–Kier alpha value is -2.96. The molecule has 2 heterocycles. The lowest BCUT2D eigenvalue weighted by Gasteiger charge is -2.13. The highest BCUT2D eigenvalue weighted by molar-refractivity contribution is 5.78. The van der Waals surface area contributed by atoms with Crippen molar-refractivity contribution in [3.05, 3.63) is 53.2 Å². The standard InChI is InChI=1S/C18H21N5O2/c1-3-7-13(2)21-16(24)11-22-12-19-17-15(18(22)25)10-20-23(17)14-8-5-4-6-9-14/h4-6,8-10,12-13H,3,7,11H2,1-2H3,(H,21,24)/t13-/m0/s1. The molecule has 1 aromatic carbocycles. The minimum atomic E-state index is -0.273. The lowest BCUT2D eigenvalue weighted by molar-refractivity contribution is -0.122. The monoisotopic (exact) mass is 339 g/mol. The van der Waals surface area contributed by atoms with Crippen LogP contribution in [0, 0.1) is 0 Å². The van der Waals surface area contributed by atoms with E-state index in [1.807, 2.05) is 37.3 Å². The Labute approximate surface area is 145 Å². The molecule has 0 aliphatic heterocycles. The van der Waals surface area contributed by atoms with Crippen molar-refractivity contribution >= 4 is 16.9 Å². The molecule has 0 aliphatic carbocycles. The smallest absolute Gasteiger partial charge is 0.264 e. The Morgan fingerprint density at radius 3 is 2.76 bits per heavy atom. The van der Waals surface area contributed by atoms with Gasteiger partial charge in [-0.05, 0) is 25.5 Å². The van der Waals surface area contributed by atoms with E-state index in [9.17, 15) is 9.59 Å². The Bertz CT molecular complexity index is 930. The van der Waals surface area contributed by atoms with Gasteiger partial charge in [-0.1, -0.05) is 31.5 Å². The van der Waals surface area contributed by atoms with Crippen LogP contribution in [-0.2, 0) is 11.3 Å². The van der Waals surface area contributed by atoms with Crippen molar-refractivity contribution in [1.82, 2.24) is 24.6 Å². The molecule has 0 aliphatic rings. The average Bonchev–Trinajstić information content (AvgIpc) is 3.03. The van der Waals surface area contributed by atoms with Crippen molar-refractivity contribution in [3.63, 3.8) is 0 Å². The predicted molar refractivity (Wildman–Crippen MR) is 95.6 cm³/mol. The Balaban J connectivity index is 1.86. The molecule has 3 aromatic rings. The van der Waals surface area contributed by atoms with Crippen LogP contribution < -0.4 is 10.9 Å². The van der Waals surface area contributed by atoms with Gasteiger partial charge in [-0.3, -0.25) is 14.2 Å². The third-order valence-electron chi connectivity index (χ3n) is 4.00. The number of nitrogens with zero attached hydrogens (tertiary/aromatic N) is 4. The van der Waals surface area contributed by atoms with Gasteiger partial charge >= 0.3 is 0 Å². The van der Waals surface area contributed by atoms with Gasteiger partial charge in [0.2, 0.25) is 5.91 Å². The highest BCUT2D eigenvalue weighted by atomic mass is 16.2. The summed E-state index contributed by atoms with van der Waals surface area (Å²) in [5, 5.41) is 7.54. The number of rotatable bonds is 6. The fraction of sp³-hybridized carbons (Fsp3) is 0.333. The summed E-state index contributed by atoms with van der Waals surface area (Å²) in [7, 11) is 0. The molecule has 0 bridgehead atoms. The van der Waals surface area contributed by atoms with Crippen LogP contribution >= 0.6 is 0 Å². The van der Waals surface area contributed by atoms with Gasteiger partial charge in [0, 0.05) is 6.04 Å². The van der Waals surface area contributed by atoms with Crippen molar-refractivity contribution in [1.29, 1.82) is 0 Å². The fourth-order valence-corrected chi connectivity index (χ4v) is 2.80. The van der Waals surface area contributed by atoms with Crippen molar-refractivity contribution in [2.75, 3.05) is 0 Å². The lowest BCUT2D eigenvalue weighted by atomic mass is 10.2. The molecule has 7 heteroatoms. The third kappa shape index (κ3) is 3.60. The molecule has 7 nitrogen and oxygen atoms in total. The van der Waals surface area contributed by atoms with Gasteiger partial charge in [0.1, 0.15) is 18.3 Å². The van der Waals surface area contributed by atoms with Gasteiger partial charge in [-0.2, -0.15) is 5.10 Å². The van der Waals surface area contributed by atoms with E-state index in [-0.39, 0.29) is 24.1 Å². The van der Waals surface area contributed by atoms with Crippen LogP contribution in [0.3, 0.4) is 0 Å². The Morgan fingerprint density at radius 1 is 1.28 bits per heavy atom. The van der Waals surface area contributed by atoms with Crippen LogP contribution in [0.2, 0.25) is 0 Å². The summed E-state index contributed by atoms with van der Waals surface area (Å²) in [6, 6.07) is 9.57. The molecule has 0 radical (unpaired) electrons. The first-order valence-electron chi connectivity index (χ1n) is 8.38. The van der Waals surface area contributed by atoms with E-state index in [4.69, 9.17) is 0 Å². The summed E-state index contributed by atoms with van der Waals surface area (Å²) >= 11 is 0. The minimum Gasteiger partial charge on any atom is -0.352 e. The number of benzene rings is 1. The maximum absolute atomic E-state index is 12.6. The van der Waals surface area contributed by atoms with Gasteiger partial charge in [0.25, 0.3) is 5.56 Å². The second kappa shape index (κ2) is 7.29. The molecule has 1 N–H and O–H groups in total. The van der Waals surface area contributed by atoms with Crippen LogP contribution in [-0.4, -0.2) is 31.3 Å². The second-order valence-corrected chi connectivity index (χ2v) is 6.06. The number of hydrogen-bond acceptors (Lipinski definition) is 4. The summed E-state index contributed by atoms with van der Waals surface area (Å²) in [6.07, 6.45) is 4.79. The van der Waals surface area contributed by atoms with Gasteiger partial charge in [-0.15, -0.1) is 0 Å². The first kappa shape index (κ1) is 16.9. The summed E-state index contributed by atoms with van der Waals surface area (Å²) in [6.45, 7) is 3.97. The molecule has 3 rings (SSSR count).